The zero-order valence-electron chi connectivity index (χ0n) is 58.4. The lowest BCUT2D eigenvalue weighted by atomic mass is 9.31. The van der Waals surface area contributed by atoms with Crippen LogP contribution in [0.4, 0.5) is 98.5 Å². The Kier molecular flexibility index (Phi) is 15.8. The minimum absolute atomic E-state index is 0.0126. The van der Waals surface area contributed by atoms with Crippen molar-refractivity contribution in [3.63, 3.8) is 0 Å². The van der Waals surface area contributed by atoms with Gasteiger partial charge in [0, 0.05) is 94.6 Å². The lowest BCUT2D eigenvalue weighted by Gasteiger charge is -2.47. The number of benzene rings is 16. The van der Waals surface area contributed by atoms with Crippen molar-refractivity contribution in [2.75, 3.05) is 24.5 Å². The first-order valence-corrected chi connectivity index (χ1v) is 37.3. The molecule has 0 saturated heterocycles. The Morgan fingerprint density at radius 3 is 1.16 bits per heavy atom. The minimum Gasteiger partial charge on any atom is -0.311 e. The summed E-state index contributed by atoms with van der Waals surface area (Å²) in [5.41, 5.74) is 25.9. The fourth-order valence-corrected chi connectivity index (χ4v) is 18.4. The van der Waals surface area contributed by atoms with Crippen LogP contribution >= 0.6 is 11.8 Å². The quantitative estimate of drug-likeness (QED) is 0.106. The van der Waals surface area contributed by atoms with Crippen LogP contribution in [0.15, 0.2) is 398 Å². The van der Waals surface area contributed by atoms with Gasteiger partial charge in [-0.25, -0.2) is 0 Å². The SMILES string of the molecule is FC(F)(F)c1ccccc1N1c2cc3c(cc2B2c4ccccc4N(c4c(-c5ccccc5)cccc4-c4ccccc4)c4cc(N(c5ccccc5)c5c(-c6ccccc6)cccc5-c5ccccc5)cc1c42)B1c2ccccc2N(c2ccccc2)c2cc(N(c4ccccc4)c4ccccc4)cc(c21)S3. The van der Waals surface area contributed by atoms with E-state index in [0.717, 1.165) is 155 Å². The van der Waals surface area contributed by atoms with Crippen molar-refractivity contribution in [1.29, 1.82) is 0 Å². The van der Waals surface area contributed by atoms with Gasteiger partial charge in [-0.3, -0.25) is 0 Å². The first-order valence-electron chi connectivity index (χ1n) is 36.5. The van der Waals surface area contributed by atoms with Crippen molar-refractivity contribution < 1.29 is 13.2 Å². The Hall–Kier alpha value is -13.2. The smallest absolute Gasteiger partial charge is 0.311 e. The van der Waals surface area contributed by atoms with Crippen LogP contribution in [0.25, 0.3) is 44.5 Å². The molecule has 108 heavy (non-hydrogen) atoms. The van der Waals surface area contributed by atoms with E-state index in [1.807, 2.05) is 35.2 Å². The molecule has 0 radical (unpaired) electrons. The third-order valence-electron chi connectivity index (χ3n) is 21.6. The van der Waals surface area contributed by atoms with Gasteiger partial charge in [-0.1, -0.05) is 302 Å². The van der Waals surface area contributed by atoms with Gasteiger partial charge in [0.25, 0.3) is 6.71 Å². The molecule has 0 amide bonds. The average Bonchev–Trinajstić information content (AvgIpc) is 0.685. The number of alkyl halides is 3. The normalized spacial score (nSPS) is 12.8. The highest BCUT2D eigenvalue weighted by atomic mass is 32.2. The molecule has 0 aromatic heterocycles. The first kappa shape index (κ1) is 64.4. The van der Waals surface area contributed by atoms with Crippen LogP contribution in [0.3, 0.4) is 0 Å². The molecule has 4 aliphatic heterocycles. The molecule has 20 rings (SSSR count). The van der Waals surface area contributed by atoms with E-state index in [0.29, 0.717) is 11.4 Å². The number of hydrogen-bond donors (Lipinski definition) is 0. The molecule has 0 fully saturated rings. The van der Waals surface area contributed by atoms with E-state index >= 15 is 13.2 Å². The van der Waals surface area contributed by atoms with Crippen LogP contribution in [0, 0.1) is 0 Å². The Balaban J connectivity index is 0.923. The molecular formula is C97H64B2F3N5S. The Labute approximate surface area is 631 Å². The second-order valence-electron chi connectivity index (χ2n) is 27.7. The molecular weight excluding hydrogens is 1350 g/mol. The van der Waals surface area contributed by atoms with Crippen LogP contribution < -0.4 is 57.3 Å². The zero-order chi connectivity index (χ0) is 72.0. The van der Waals surface area contributed by atoms with E-state index in [1.54, 1.807) is 23.9 Å². The summed E-state index contributed by atoms with van der Waals surface area (Å²) < 4.78 is 50.7. The van der Waals surface area contributed by atoms with Gasteiger partial charge in [-0.15, -0.1) is 0 Å². The predicted octanol–water partition coefficient (Wildman–Crippen LogP) is 23.2. The monoisotopic (exact) mass is 1410 g/mol. The summed E-state index contributed by atoms with van der Waals surface area (Å²) >= 11 is 1.70. The molecule has 0 N–H and O–H groups in total. The molecule has 11 heteroatoms. The van der Waals surface area contributed by atoms with Gasteiger partial charge in [0.05, 0.1) is 28.3 Å². The minimum atomic E-state index is -4.78. The van der Waals surface area contributed by atoms with Crippen LogP contribution in [0.1, 0.15) is 5.56 Å². The predicted molar refractivity (Wildman–Crippen MR) is 446 cm³/mol. The number of para-hydroxylation sites is 9. The van der Waals surface area contributed by atoms with Crippen molar-refractivity contribution in [1.82, 2.24) is 0 Å². The number of fused-ring (bicyclic) bond motifs is 8. The number of nitrogens with zero attached hydrogens (tertiary/aromatic N) is 5. The summed E-state index contributed by atoms with van der Waals surface area (Å²) in [5, 5.41) is 0. The molecule has 16 aromatic carbocycles. The van der Waals surface area contributed by atoms with Crippen molar-refractivity contribution in [3.8, 4) is 44.5 Å². The van der Waals surface area contributed by atoms with Gasteiger partial charge >= 0.3 is 6.18 Å². The largest absolute Gasteiger partial charge is 0.418 e. The molecule has 510 valence electrons. The third kappa shape index (κ3) is 10.7. The van der Waals surface area contributed by atoms with Gasteiger partial charge in [0.1, 0.15) is 0 Å². The topological polar surface area (TPSA) is 16.2 Å². The second kappa shape index (κ2) is 26.4. The summed E-state index contributed by atoms with van der Waals surface area (Å²) in [7, 11) is 0. The Bertz CT molecular complexity index is 5970. The van der Waals surface area contributed by atoms with Crippen molar-refractivity contribution >= 4 is 143 Å². The van der Waals surface area contributed by atoms with E-state index in [2.05, 4.69) is 353 Å². The summed E-state index contributed by atoms with van der Waals surface area (Å²) in [6.07, 6.45) is -4.78. The molecule has 16 aromatic rings. The van der Waals surface area contributed by atoms with Crippen LogP contribution in [-0.2, 0) is 6.18 Å². The fourth-order valence-electron chi connectivity index (χ4n) is 17.2. The number of halogens is 3. The molecule has 0 aliphatic carbocycles. The van der Waals surface area contributed by atoms with E-state index in [9.17, 15) is 0 Å². The summed E-state index contributed by atoms with van der Waals surface area (Å²) in [6, 6.07) is 135. The third-order valence-corrected chi connectivity index (χ3v) is 22.8. The molecule has 4 aliphatic rings. The average molecular weight is 1410 g/mol. The van der Waals surface area contributed by atoms with Crippen molar-refractivity contribution in [3.05, 3.63) is 394 Å². The maximum absolute atomic E-state index is 16.9. The van der Waals surface area contributed by atoms with E-state index in [-0.39, 0.29) is 12.4 Å². The van der Waals surface area contributed by atoms with E-state index < -0.39 is 18.5 Å². The molecule has 4 heterocycles. The van der Waals surface area contributed by atoms with Crippen LogP contribution in [-0.4, -0.2) is 13.4 Å². The molecule has 0 saturated carbocycles. The highest BCUT2D eigenvalue weighted by Crippen LogP contribution is 2.56. The van der Waals surface area contributed by atoms with Crippen LogP contribution in [0.5, 0.6) is 0 Å². The first-order chi connectivity index (χ1) is 53.3. The highest BCUT2D eigenvalue weighted by Gasteiger charge is 2.49. The fraction of sp³-hybridized carbons (Fsp3) is 0.0103. The second-order valence-corrected chi connectivity index (χ2v) is 28.8. The number of rotatable bonds is 13. The Morgan fingerprint density at radius 1 is 0.259 bits per heavy atom. The highest BCUT2D eigenvalue weighted by molar-refractivity contribution is 8.00. The van der Waals surface area contributed by atoms with Gasteiger partial charge in [-0.05, 0) is 153 Å². The molecule has 0 bridgehead atoms. The molecule has 0 atom stereocenters. The van der Waals surface area contributed by atoms with Crippen LogP contribution in [0.2, 0.25) is 0 Å². The van der Waals surface area contributed by atoms with Gasteiger partial charge in [0.15, 0.2) is 0 Å². The lowest BCUT2D eigenvalue weighted by Crippen LogP contribution is -2.64. The Morgan fingerprint density at radius 2 is 0.648 bits per heavy atom. The van der Waals surface area contributed by atoms with Crippen molar-refractivity contribution in [2.45, 2.75) is 16.0 Å². The molecule has 5 nitrogen and oxygen atoms in total. The maximum atomic E-state index is 16.9. The number of hydrogen-bond acceptors (Lipinski definition) is 6. The van der Waals surface area contributed by atoms with Crippen molar-refractivity contribution in [2.24, 2.45) is 0 Å². The molecule has 0 spiro atoms. The zero-order valence-corrected chi connectivity index (χ0v) is 59.2. The summed E-state index contributed by atoms with van der Waals surface area (Å²) in [5.74, 6) is 0. The van der Waals surface area contributed by atoms with E-state index in [4.69, 9.17) is 0 Å². The molecule has 0 unspecified atom stereocenters. The standard InChI is InChI=1S/C97H64B2F3N5S/c100-97(101,102)79-53-25-28-56-84(79)106-87-64-91-83(99-80-54-26-29-57-85(80)105(72-47-23-8-24-48-72)90-61-74(62-92(108-91)94(90)99)103(69-41-17-5-18-42-69)70-43-19-6-20-44-70)63-82(87)98-81-55-27-30-58-86(81)107(96-77(67-37-13-3-14-38-67)51-32-52-78(96)68-39-15-4-16-40-68)89-60-73(59-88(106)93(89)98)104(71-45-21-7-22-46-71)95-75(65-33-9-1-10-34-65)49-31-50-76(95)66-35-11-2-12-36-66/h1-64H. The van der Waals surface area contributed by atoms with Gasteiger partial charge in [-0.2, -0.15) is 13.2 Å². The van der Waals surface area contributed by atoms with E-state index in [1.165, 1.54) is 12.1 Å². The summed E-state index contributed by atoms with van der Waals surface area (Å²) in [6.45, 7) is -0.845. The van der Waals surface area contributed by atoms with Gasteiger partial charge < -0.3 is 24.5 Å². The lowest BCUT2D eigenvalue weighted by molar-refractivity contribution is -0.137. The number of anilines is 15. The van der Waals surface area contributed by atoms with Gasteiger partial charge in [0.2, 0.25) is 6.71 Å². The summed E-state index contributed by atoms with van der Waals surface area (Å²) in [4.78, 5) is 13.5. The maximum Gasteiger partial charge on any atom is 0.418 e.